The summed E-state index contributed by atoms with van der Waals surface area (Å²) in [5.41, 5.74) is 6.18. The van der Waals surface area contributed by atoms with E-state index in [1.807, 2.05) is 12.1 Å². The summed E-state index contributed by atoms with van der Waals surface area (Å²) >= 11 is 0. The highest BCUT2D eigenvalue weighted by molar-refractivity contribution is 5.59. The van der Waals surface area contributed by atoms with E-state index in [1.165, 1.54) is 0 Å². The maximum atomic E-state index is 5.50. The van der Waals surface area contributed by atoms with Crippen molar-refractivity contribution in [1.29, 1.82) is 0 Å². The van der Waals surface area contributed by atoms with Crippen LogP contribution in [0.1, 0.15) is 5.89 Å². The van der Waals surface area contributed by atoms with Gasteiger partial charge in [-0.15, -0.1) is 10.2 Å². The molecule has 18 heavy (non-hydrogen) atoms. The first-order valence-corrected chi connectivity index (χ1v) is 5.52. The van der Waals surface area contributed by atoms with Gasteiger partial charge in [-0.3, -0.25) is 0 Å². The SMILES string of the molecule is COc1cc(OC)cc(-c2nnc(CCN)o2)c1. The van der Waals surface area contributed by atoms with Crippen LogP contribution in [0, 0.1) is 0 Å². The van der Waals surface area contributed by atoms with Crippen molar-refractivity contribution in [3.05, 3.63) is 24.1 Å². The molecule has 6 nitrogen and oxygen atoms in total. The monoisotopic (exact) mass is 249 g/mol. The van der Waals surface area contributed by atoms with Crippen LogP contribution in [0.25, 0.3) is 11.5 Å². The lowest BCUT2D eigenvalue weighted by molar-refractivity contribution is 0.394. The number of hydrogen-bond donors (Lipinski definition) is 1. The van der Waals surface area contributed by atoms with E-state index in [-0.39, 0.29) is 0 Å². The highest BCUT2D eigenvalue weighted by Gasteiger charge is 2.11. The average Bonchev–Trinajstić information content (AvgIpc) is 2.87. The molecule has 0 aliphatic heterocycles. The second kappa shape index (κ2) is 5.50. The topological polar surface area (TPSA) is 83.4 Å². The molecule has 2 aromatic rings. The fourth-order valence-corrected chi connectivity index (χ4v) is 1.53. The second-order valence-corrected chi connectivity index (χ2v) is 3.64. The van der Waals surface area contributed by atoms with Crippen LogP contribution in [0.15, 0.2) is 22.6 Å². The number of nitrogens with two attached hydrogens (primary N) is 1. The van der Waals surface area contributed by atoms with Crippen LogP contribution in [0.4, 0.5) is 0 Å². The van der Waals surface area contributed by atoms with Gasteiger partial charge in [-0.25, -0.2) is 0 Å². The highest BCUT2D eigenvalue weighted by Crippen LogP contribution is 2.28. The minimum absolute atomic E-state index is 0.427. The van der Waals surface area contributed by atoms with Gasteiger partial charge in [0.25, 0.3) is 0 Å². The molecular formula is C12H15N3O3. The molecule has 0 amide bonds. The zero-order chi connectivity index (χ0) is 13.0. The third-order valence-corrected chi connectivity index (χ3v) is 2.42. The lowest BCUT2D eigenvalue weighted by Gasteiger charge is -2.05. The van der Waals surface area contributed by atoms with Crippen LogP contribution in [-0.2, 0) is 6.42 Å². The molecule has 0 saturated carbocycles. The molecule has 2 rings (SSSR count). The number of hydrogen-bond acceptors (Lipinski definition) is 6. The van der Waals surface area contributed by atoms with Gasteiger partial charge in [0.15, 0.2) is 0 Å². The zero-order valence-corrected chi connectivity index (χ0v) is 10.3. The molecule has 0 bridgehead atoms. The van der Waals surface area contributed by atoms with Crippen molar-refractivity contribution in [2.24, 2.45) is 5.73 Å². The highest BCUT2D eigenvalue weighted by atomic mass is 16.5. The smallest absolute Gasteiger partial charge is 0.248 e. The van der Waals surface area contributed by atoms with Gasteiger partial charge in [0, 0.05) is 24.6 Å². The van der Waals surface area contributed by atoms with Crippen molar-refractivity contribution in [1.82, 2.24) is 10.2 Å². The maximum absolute atomic E-state index is 5.50. The van der Waals surface area contributed by atoms with Crippen LogP contribution in [-0.4, -0.2) is 31.0 Å². The Morgan fingerprint density at radius 1 is 1.11 bits per heavy atom. The number of aromatic nitrogens is 2. The summed E-state index contributed by atoms with van der Waals surface area (Å²) in [6, 6.07) is 5.39. The normalized spacial score (nSPS) is 10.4. The Labute approximate surface area is 105 Å². The number of nitrogens with zero attached hydrogens (tertiary/aromatic N) is 2. The molecule has 0 radical (unpaired) electrons. The third kappa shape index (κ3) is 2.60. The molecule has 0 saturated heterocycles. The van der Waals surface area contributed by atoms with Gasteiger partial charge < -0.3 is 19.6 Å². The predicted molar refractivity (Wildman–Crippen MR) is 65.6 cm³/mol. The Balaban J connectivity index is 2.35. The average molecular weight is 249 g/mol. The number of rotatable bonds is 5. The molecule has 1 aromatic carbocycles. The zero-order valence-electron chi connectivity index (χ0n) is 10.3. The van der Waals surface area contributed by atoms with Gasteiger partial charge in [0.1, 0.15) is 11.5 Å². The van der Waals surface area contributed by atoms with Gasteiger partial charge in [-0.1, -0.05) is 0 Å². The molecule has 0 fully saturated rings. The molecule has 6 heteroatoms. The lowest BCUT2D eigenvalue weighted by atomic mass is 10.2. The van der Waals surface area contributed by atoms with E-state index in [0.717, 1.165) is 5.56 Å². The number of ether oxygens (including phenoxy) is 2. The Morgan fingerprint density at radius 2 is 1.78 bits per heavy atom. The van der Waals surface area contributed by atoms with Gasteiger partial charge in [0.2, 0.25) is 11.8 Å². The van der Waals surface area contributed by atoms with E-state index < -0.39 is 0 Å². The number of benzene rings is 1. The summed E-state index contributed by atoms with van der Waals surface area (Å²) in [6.45, 7) is 0.475. The first kappa shape index (κ1) is 12.4. The first-order valence-electron chi connectivity index (χ1n) is 5.52. The van der Waals surface area contributed by atoms with Gasteiger partial charge in [-0.2, -0.15) is 0 Å². The predicted octanol–water partition coefficient (Wildman–Crippen LogP) is 1.25. The first-order chi connectivity index (χ1) is 8.76. The fourth-order valence-electron chi connectivity index (χ4n) is 1.53. The standard InChI is InChI=1S/C12H15N3O3/c1-16-9-5-8(6-10(7-9)17-2)12-15-14-11(18-12)3-4-13/h5-7H,3-4,13H2,1-2H3. The third-order valence-electron chi connectivity index (χ3n) is 2.42. The fraction of sp³-hybridized carbons (Fsp3) is 0.333. The van der Waals surface area contributed by atoms with E-state index in [4.69, 9.17) is 19.6 Å². The second-order valence-electron chi connectivity index (χ2n) is 3.64. The van der Waals surface area contributed by atoms with Crippen LogP contribution in [0.3, 0.4) is 0 Å². The van der Waals surface area contributed by atoms with E-state index in [9.17, 15) is 0 Å². The molecule has 1 heterocycles. The van der Waals surface area contributed by atoms with Crippen molar-refractivity contribution < 1.29 is 13.9 Å². The Kier molecular flexibility index (Phi) is 3.78. The Hall–Kier alpha value is -2.08. The summed E-state index contributed by atoms with van der Waals surface area (Å²) in [4.78, 5) is 0. The van der Waals surface area contributed by atoms with E-state index >= 15 is 0 Å². The van der Waals surface area contributed by atoms with Crippen LogP contribution < -0.4 is 15.2 Å². The van der Waals surface area contributed by atoms with Crippen LogP contribution in [0.2, 0.25) is 0 Å². The molecule has 0 atom stereocenters. The minimum Gasteiger partial charge on any atom is -0.497 e. The van der Waals surface area contributed by atoms with E-state index in [2.05, 4.69) is 10.2 Å². The van der Waals surface area contributed by atoms with Crippen molar-refractivity contribution in [2.45, 2.75) is 6.42 Å². The van der Waals surface area contributed by atoms with Crippen molar-refractivity contribution >= 4 is 0 Å². The Bertz CT molecular complexity index is 503. The summed E-state index contributed by atoms with van der Waals surface area (Å²) in [5.74, 6) is 2.29. The summed E-state index contributed by atoms with van der Waals surface area (Å²) in [6.07, 6.45) is 0.564. The molecule has 0 unspecified atom stereocenters. The molecule has 0 spiro atoms. The quantitative estimate of drug-likeness (QED) is 0.858. The Morgan fingerprint density at radius 3 is 2.33 bits per heavy atom. The summed E-state index contributed by atoms with van der Waals surface area (Å²) in [5, 5.41) is 7.89. The molecular weight excluding hydrogens is 234 g/mol. The van der Waals surface area contributed by atoms with E-state index in [0.29, 0.717) is 36.2 Å². The number of methoxy groups -OCH3 is 2. The molecule has 96 valence electrons. The molecule has 0 aliphatic carbocycles. The van der Waals surface area contributed by atoms with E-state index in [1.54, 1.807) is 20.3 Å². The van der Waals surface area contributed by atoms with Crippen LogP contribution >= 0.6 is 0 Å². The maximum Gasteiger partial charge on any atom is 0.248 e. The summed E-state index contributed by atoms with van der Waals surface area (Å²) < 4.78 is 15.9. The van der Waals surface area contributed by atoms with Gasteiger partial charge in [0.05, 0.1) is 14.2 Å². The molecule has 1 aromatic heterocycles. The molecule has 2 N–H and O–H groups in total. The van der Waals surface area contributed by atoms with Crippen molar-refractivity contribution in [3.63, 3.8) is 0 Å². The van der Waals surface area contributed by atoms with Crippen molar-refractivity contribution in [2.75, 3.05) is 20.8 Å². The summed E-state index contributed by atoms with van der Waals surface area (Å²) in [7, 11) is 3.18. The van der Waals surface area contributed by atoms with Gasteiger partial charge in [-0.05, 0) is 12.1 Å². The van der Waals surface area contributed by atoms with Crippen LogP contribution in [0.5, 0.6) is 11.5 Å². The largest absolute Gasteiger partial charge is 0.497 e. The lowest BCUT2D eigenvalue weighted by Crippen LogP contribution is -2.02. The van der Waals surface area contributed by atoms with Crippen molar-refractivity contribution in [3.8, 4) is 23.0 Å². The molecule has 0 aliphatic rings. The minimum atomic E-state index is 0.427. The van der Waals surface area contributed by atoms with Gasteiger partial charge >= 0.3 is 0 Å².